The molecule has 325 valence electrons. The van der Waals surface area contributed by atoms with Gasteiger partial charge in [-0.3, -0.25) is 53.2 Å². The number of hydrogen-bond acceptors (Lipinski definition) is 13. The van der Waals surface area contributed by atoms with Gasteiger partial charge in [-0.15, -0.1) is 0 Å². The van der Waals surface area contributed by atoms with E-state index in [2.05, 4.69) is 10.6 Å². The predicted octanol–water partition coefficient (Wildman–Crippen LogP) is -2.32. The maximum Gasteiger partial charge on any atom is 0.475 e. The van der Waals surface area contributed by atoms with Gasteiger partial charge in [-0.2, -0.15) is 0 Å². The van der Waals surface area contributed by atoms with Crippen LogP contribution in [0.15, 0.2) is 24.3 Å². The van der Waals surface area contributed by atoms with Crippen molar-refractivity contribution in [1.82, 2.24) is 35.1 Å². The van der Waals surface area contributed by atoms with E-state index in [1.807, 2.05) is 4.90 Å². The Morgan fingerprint density at radius 1 is 0.719 bits per heavy atom. The average molecular weight is 965 g/mol. The van der Waals surface area contributed by atoms with Crippen molar-refractivity contribution in [2.24, 2.45) is 0 Å². The number of hydrogen-bond donors (Lipinski definition) is 7. The van der Waals surface area contributed by atoms with Gasteiger partial charge in [0.15, 0.2) is 0 Å². The Hall–Kier alpha value is -3.23. The van der Waals surface area contributed by atoms with Gasteiger partial charge in [-0.05, 0) is 50.3 Å². The minimum absolute atomic E-state index is 0. The summed E-state index contributed by atoms with van der Waals surface area (Å²) in [6.45, 7) is 3.72. The van der Waals surface area contributed by atoms with Gasteiger partial charge >= 0.3 is 25.0 Å². The molecule has 1 aromatic carbocycles. The summed E-state index contributed by atoms with van der Waals surface area (Å²) in [5.74, 6) is -4.94. The molecule has 2 aliphatic heterocycles. The molecule has 2 aliphatic rings. The Kier molecular flexibility index (Phi) is 22.8. The second-order valence-corrected chi connectivity index (χ2v) is 14.3. The van der Waals surface area contributed by atoms with Crippen LogP contribution in [0.25, 0.3) is 0 Å². The van der Waals surface area contributed by atoms with Gasteiger partial charge in [0.1, 0.15) is 11.8 Å². The van der Waals surface area contributed by atoms with Crippen LogP contribution in [0.2, 0.25) is 0 Å². The van der Waals surface area contributed by atoms with Gasteiger partial charge in [0, 0.05) is 121 Å². The Morgan fingerprint density at radius 2 is 1.19 bits per heavy atom. The topological polar surface area (TPSA) is 261 Å². The molecule has 0 aromatic heterocycles. The number of likely N-dealkylation sites (tertiary alicyclic amines) is 1. The van der Waals surface area contributed by atoms with Crippen molar-refractivity contribution in [3.8, 4) is 0 Å². The summed E-state index contributed by atoms with van der Waals surface area (Å²) < 4.78 is 0. The number of carbonyl (C=O) groups is 7. The molecule has 0 spiro atoms. The fraction of sp³-hybridized carbons (Fsp3) is 0.639. The van der Waals surface area contributed by atoms with Gasteiger partial charge in [0.2, 0.25) is 11.8 Å². The maximum absolute atomic E-state index is 12.9. The molecule has 57 heavy (non-hydrogen) atoms. The van der Waals surface area contributed by atoms with E-state index in [4.69, 9.17) is 0 Å². The standard InChI is InChI=1S/C36H56BN7O12.Lu/c1-26(36(54)44-13-3-5-30(44)37(55)56)39-35(53)28-9-6-27(7-10-28)8-11-29(45)4-2-12-38-31(46)22-40-14-16-41(23-32(47)48)18-20-43(25-34(51)52)21-19-42(17-15-40)24-33(49)50;/h6-7,9-10,26,30,55-56H,2-5,8,11-25H2,1H3,(H,38,46)(H,39,53)(H,47,48)(H,49,50)(H,51,52);/t26-,30+;/m1./s1. The van der Waals surface area contributed by atoms with E-state index in [0.717, 1.165) is 5.56 Å². The summed E-state index contributed by atoms with van der Waals surface area (Å²) in [5.41, 5.74) is 1.18. The average Bonchev–Trinajstić information content (AvgIpc) is 3.63. The summed E-state index contributed by atoms with van der Waals surface area (Å²) in [4.78, 5) is 93.6. The molecular weight excluding hydrogens is 908 g/mol. The monoisotopic (exact) mass is 964 g/mol. The van der Waals surface area contributed by atoms with Gasteiger partial charge in [0.05, 0.1) is 32.1 Å². The van der Waals surface area contributed by atoms with E-state index in [1.54, 1.807) is 45.9 Å². The van der Waals surface area contributed by atoms with Crippen LogP contribution in [-0.4, -0.2) is 202 Å². The molecule has 2 heterocycles. The van der Waals surface area contributed by atoms with Crippen molar-refractivity contribution < 1.29 is 95.8 Å². The summed E-state index contributed by atoms with van der Waals surface area (Å²) in [7, 11) is -1.64. The van der Waals surface area contributed by atoms with Crippen LogP contribution in [0, 0.1) is 36.9 Å². The van der Waals surface area contributed by atoms with E-state index in [-0.39, 0.29) is 126 Å². The Bertz CT molecular complexity index is 1480. The number of aliphatic carboxylic acids is 3. The molecule has 0 bridgehead atoms. The van der Waals surface area contributed by atoms with Crippen molar-refractivity contribution in [2.75, 3.05) is 91.6 Å². The van der Waals surface area contributed by atoms with E-state index in [1.165, 1.54) is 4.90 Å². The summed E-state index contributed by atoms with van der Waals surface area (Å²) >= 11 is 0. The fourth-order valence-corrected chi connectivity index (χ4v) is 6.76. The van der Waals surface area contributed by atoms with Crippen LogP contribution in [0.4, 0.5) is 0 Å². The van der Waals surface area contributed by atoms with Crippen molar-refractivity contribution in [3.63, 3.8) is 0 Å². The Labute approximate surface area is 362 Å². The molecular formula is C36H56BLuN7O12. The van der Waals surface area contributed by atoms with E-state index < -0.39 is 42.9 Å². The first kappa shape index (κ1) is 49.9. The molecule has 1 aromatic rings. The third-order valence-corrected chi connectivity index (χ3v) is 9.88. The first-order chi connectivity index (χ1) is 26.6. The first-order valence-corrected chi connectivity index (χ1v) is 19.0. The third-order valence-electron chi connectivity index (χ3n) is 9.88. The number of aryl methyl sites for hydroxylation is 1. The second kappa shape index (κ2) is 26.0. The smallest absolute Gasteiger partial charge is 0.475 e. The molecule has 2 atom stereocenters. The molecule has 2 fully saturated rings. The molecule has 21 heteroatoms. The zero-order valence-corrected chi connectivity index (χ0v) is 33.9. The van der Waals surface area contributed by atoms with Crippen LogP contribution in [0.3, 0.4) is 0 Å². The van der Waals surface area contributed by atoms with Crippen LogP contribution in [0.1, 0.15) is 54.9 Å². The van der Waals surface area contributed by atoms with Crippen LogP contribution in [0.5, 0.6) is 0 Å². The van der Waals surface area contributed by atoms with Crippen LogP contribution >= 0.6 is 0 Å². The molecule has 19 nitrogen and oxygen atoms in total. The van der Waals surface area contributed by atoms with E-state index in [9.17, 15) is 58.9 Å². The van der Waals surface area contributed by atoms with Crippen molar-refractivity contribution in [1.29, 1.82) is 0 Å². The van der Waals surface area contributed by atoms with Gasteiger partial charge < -0.3 is 40.9 Å². The minimum Gasteiger partial charge on any atom is -0.480 e. The second-order valence-electron chi connectivity index (χ2n) is 14.3. The van der Waals surface area contributed by atoms with E-state index >= 15 is 0 Å². The maximum atomic E-state index is 12.9. The molecule has 3 amide bonds. The zero-order chi connectivity index (χ0) is 41.2. The van der Waals surface area contributed by atoms with Gasteiger partial charge in [-0.25, -0.2) is 0 Å². The number of nitrogens with one attached hydrogen (secondary N) is 2. The number of benzene rings is 1. The molecule has 7 N–H and O–H groups in total. The Morgan fingerprint density at radius 3 is 1.65 bits per heavy atom. The SMILES string of the molecule is C[C@@H](NC(=O)c1ccc(CCC(=O)CCCNC(=O)CN2CCN(CC(=O)O)CCN(CC(=O)O)CCN(CC(=O)O)CC2)cc1)C(=O)N1CCC[C@H]1B(O)O.[Lu]. The van der Waals surface area contributed by atoms with E-state index in [0.29, 0.717) is 64.0 Å². The number of carboxylic acids is 3. The Balaban J connectivity index is 0.0000112. The van der Waals surface area contributed by atoms with Gasteiger partial charge in [-0.1, -0.05) is 12.1 Å². The summed E-state index contributed by atoms with van der Waals surface area (Å²) in [6, 6.07) is 5.84. The van der Waals surface area contributed by atoms with Gasteiger partial charge in [0.25, 0.3) is 5.91 Å². The van der Waals surface area contributed by atoms with Crippen LogP contribution in [-0.2, 0) is 35.2 Å². The number of Topliss-reactive ketones (excluding diaryl/α,β-unsaturated/α-hetero) is 1. The number of amides is 3. The van der Waals surface area contributed by atoms with Crippen molar-refractivity contribution >= 4 is 48.5 Å². The van der Waals surface area contributed by atoms with Crippen molar-refractivity contribution in [2.45, 2.75) is 57.4 Å². The number of nitrogens with zero attached hydrogens (tertiary/aromatic N) is 5. The predicted molar refractivity (Wildman–Crippen MR) is 203 cm³/mol. The first-order valence-electron chi connectivity index (χ1n) is 19.0. The minimum atomic E-state index is -1.64. The molecule has 1 radical (unpaired) electrons. The summed E-state index contributed by atoms with van der Waals surface area (Å²) in [5, 5.41) is 52.7. The number of carbonyl (C=O) groups excluding carboxylic acids is 4. The molecule has 2 saturated heterocycles. The number of rotatable bonds is 19. The number of carboxylic acid groups (broad SMARTS) is 3. The summed E-state index contributed by atoms with van der Waals surface area (Å²) in [6.07, 6.45) is 2.50. The molecule has 0 saturated carbocycles. The van der Waals surface area contributed by atoms with Crippen LogP contribution < -0.4 is 10.6 Å². The number of ketones is 1. The normalized spacial score (nSPS) is 18.3. The van der Waals surface area contributed by atoms with Crippen molar-refractivity contribution in [3.05, 3.63) is 35.4 Å². The quantitative estimate of drug-likeness (QED) is 0.0568. The third kappa shape index (κ3) is 18.9. The largest absolute Gasteiger partial charge is 0.480 e. The molecule has 3 rings (SSSR count). The molecule has 0 aliphatic carbocycles. The molecule has 0 unspecified atom stereocenters. The fourth-order valence-electron chi connectivity index (χ4n) is 6.76. The zero-order valence-electron chi connectivity index (χ0n) is 32.3.